The highest BCUT2D eigenvalue weighted by molar-refractivity contribution is 5.91. The first kappa shape index (κ1) is 7.98. The van der Waals surface area contributed by atoms with Crippen LogP contribution in [0.3, 0.4) is 0 Å². The molecule has 0 spiro atoms. The molecule has 1 rings (SSSR count). The molecule has 11 heavy (non-hydrogen) atoms. The lowest BCUT2D eigenvalue weighted by molar-refractivity contribution is -0.135. The molecule has 0 aromatic rings. The lowest BCUT2D eigenvalue weighted by atomic mass is 10.00. The fraction of sp³-hybridized carbons (Fsp3) is 0.500. The van der Waals surface area contributed by atoms with Crippen LogP contribution in [0.1, 0.15) is 13.3 Å². The van der Waals surface area contributed by atoms with Crippen molar-refractivity contribution in [2.75, 3.05) is 6.61 Å². The lowest BCUT2D eigenvalue weighted by Gasteiger charge is -1.99. The van der Waals surface area contributed by atoms with Crippen molar-refractivity contribution in [3.8, 4) is 0 Å². The zero-order valence-corrected chi connectivity index (χ0v) is 6.37. The topological polar surface area (TPSA) is 43.4 Å². The van der Waals surface area contributed by atoms with Gasteiger partial charge in [0, 0.05) is 17.9 Å². The number of hydrogen-bond donors (Lipinski definition) is 0. The van der Waals surface area contributed by atoms with Gasteiger partial charge in [0.05, 0.1) is 6.61 Å². The van der Waals surface area contributed by atoms with Gasteiger partial charge in [0.2, 0.25) is 0 Å². The van der Waals surface area contributed by atoms with Gasteiger partial charge in [0.15, 0.2) is 0 Å². The first-order valence-corrected chi connectivity index (χ1v) is 3.56. The third-order valence-corrected chi connectivity index (χ3v) is 1.78. The summed E-state index contributed by atoms with van der Waals surface area (Å²) < 4.78 is 4.76. The van der Waals surface area contributed by atoms with E-state index in [9.17, 15) is 9.59 Å². The quantitative estimate of drug-likeness (QED) is 0.334. The van der Waals surface area contributed by atoms with E-state index in [0.29, 0.717) is 18.6 Å². The zero-order valence-electron chi connectivity index (χ0n) is 6.37. The molecule has 1 aliphatic rings. The molecule has 0 aromatic heterocycles. The minimum atomic E-state index is -0.278. The Bertz CT molecular complexity index is 205. The molecule has 0 N–H and O–H groups in total. The number of carbonyl (C=O) groups excluding carboxylic acids is 2. The maximum atomic E-state index is 10.9. The van der Waals surface area contributed by atoms with Crippen molar-refractivity contribution >= 4 is 12.3 Å². The number of ether oxygens (including phenoxy) is 1. The first-order chi connectivity index (χ1) is 5.29. The zero-order chi connectivity index (χ0) is 8.27. The largest absolute Gasteiger partial charge is 0.462 e. The van der Waals surface area contributed by atoms with E-state index in [1.54, 1.807) is 13.0 Å². The van der Waals surface area contributed by atoms with Crippen molar-refractivity contribution in [3.63, 3.8) is 0 Å². The average Bonchev–Trinajstić information content (AvgIpc) is 2.33. The second-order valence-corrected chi connectivity index (χ2v) is 2.44. The van der Waals surface area contributed by atoms with Gasteiger partial charge in [-0.15, -0.1) is 0 Å². The standard InChI is InChI=1S/C8H10O3/c1-2-7-6(3-4-9)5-11-8(7)10/h2,4,6H,3,5H2,1H3/b7-2-/t6-/m1/s1. The number of aldehydes is 1. The molecule has 0 amide bonds. The summed E-state index contributed by atoms with van der Waals surface area (Å²) in [6.07, 6.45) is 2.91. The number of allylic oxidation sites excluding steroid dienone is 1. The van der Waals surface area contributed by atoms with E-state index in [0.717, 1.165) is 6.29 Å². The molecule has 1 heterocycles. The normalized spacial score (nSPS) is 27.2. The Morgan fingerprint density at radius 2 is 2.45 bits per heavy atom. The van der Waals surface area contributed by atoms with Crippen molar-refractivity contribution in [1.29, 1.82) is 0 Å². The van der Waals surface area contributed by atoms with Crippen LogP contribution in [0.5, 0.6) is 0 Å². The van der Waals surface area contributed by atoms with Crippen LogP contribution in [0, 0.1) is 5.92 Å². The molecule has 0 aromatic carbocycles. The van der Waals surface area contributed by atoms with Gasteiger partial charge in [-0.25, -0.2) is 4.79 Å². The number of esters is 1. The Hall–Kier alpha value is -1.12. The fourth-order valence-electron chi connectivity index (χ4n) is 1.18. The highest BCUT2D eigenvalue weighted by Crippen LogP contribution is 2.22. The minimum absolute atomic E-state index is 0.00926. The maximum Gasteiger partial charge on any atom is 0.334 e. The molecule has 0 aliphatic carbocycles. The number of hydrogen-bond acceptors (Lipinski definition) is 3. The van der Waals surface area contributed by atoms with Gasteiger partial charge in [-0.05, 0) is 6.92 Å². The molecule has 0 bridgehead atoms. The smallest absolute Gasteiger partial charge is 0.334 e. The van der Waals surface area contributed by atoms with Crippen LogP contribution in [0.4, 0.5) is 0 Å². The molecule has 0 saturated carbocycles. The highest BCUT2D eigenvalue weighted by atomic mass is 16.5. The fourth-order valence-corrected chi connectivity index (χ4v) is 1.18. The van der Waals surface area contributed by atoms with Crippen LogP contribution < -0.4 is 0 Å². The van der Waals surface area contributed by atoms with Gasteiger partial charge in [0.25, 0.3) is 0 Å². The maximum absolute atomic E-state index is 10.9. The van der Waals surface area contributed by atoms with Gasteiger partial charge in [-0.2, -0.15) is 0 Å². The van der Waals surface area contributed by atoms with Gasteiger partial charge < -0.3 is 9.53 Å². The Labute approximate surface area is 65.0 Å². The summed E-state index contributed by atoms with van der Waals surface area (Å²) in [6, 6.07) is 0. The third kappa shape index (κ3) is 1.48. The third-order valence-electron chi connectivity index (χ3n) is 1.78. The molecule has 1 fully saturated rings. The van der Waals surface area contributed by atoms with E-state index < -0.39 is 0 Å². The molecule has 0 unspecified atom stereocenters. The molecular formula is C8H10O3. The molecule has 3 heteroatoms. The average molecular weight is 154 g/mol. The van der Waals surface area contributed by atoms with Gasteiger partial charge in [-0.1, -0.05) is 6.08 Å². The van der Waals surface area contributed by atoms with Crippen LogP contribution in [-0.4, -0.2) is 18.9 Å². The van der Waals surface area contributed by atoms with Crippen molar-refractivity contribution in [2.24, 2.45) is 5.92 Å². The number of rotatable bonds is 2. The molecule has 0 radical (unpaired) electrons. The Morgan fingerprint density at radius 1 is 1.73 bits per heavy atom. The van der Waals surface area contributed by atoms with Gasteiger partial charge in [0.1, 0.15) is 6.29 Å². The second kappa shape index (κ2) is 3.32. The van der Waals surface area contributed by atoms with E-state index in [2.05, 4.69) is 0 Å². The summed E-state index contributed by atoms with van der Waals surface area (Å²) in [7, 11) is 0. The number of carbonyl (C=O) groups is 2. The lowest BCUT2D eigenvalue weighted by Crippen LogP contribution is -2.03. The molecule has 60 valence electrons. The van der Waals surface area contributed by atoms with Crippen LogP contribution in [0.15, 0.2) is 11.6 Å². The van der Waals surface area contributed by atoms with Gasteiger partial charge >= 0.3 is 5.97 Å². The summed E-state index contributed by atoms with van der Waals surface area (Å²) in [5.74, 6) is -0.288. The van der Waals surface area contributed by atoms with E-state index in [1.807, 2.05) is 0 Å². The van der Waals surface area contributed by atoms with E-state index >= 15 is 0 Å². The van der Waals surface area contributed by atoms with Crippen LogP contribution in [0.2, 0.25) is 0 Å². The van der Waals surface area contributed by atoms with Crippen molar-refractivity contribution in [3.05, 3.63) is 11.6 Å². The molecular weight excluding hydrogens is 144 g/mol. The van der Waals surface area contributed by atoms with Crippen molar-refractivity contribution in [2.45, 2.75) is 13.3 Å². The van der Waals surface area contributed by atoms with Crippen LogP contribution >= 0.6 is 0 Å². The summed E-state index contributed by atoms with van der Waals surface area (Å²) in [5.41, 5.74) is 0.636. The number of cyclic esters (lactones) is 1. The van der Waals surface area contributed by atoms with E-state index in [4.69, 9.17) is 4.74 Å². The summed E-state index contributed by atoms with van der Waals surface area (Å²) in [6.45, 7) is 2.14. The van der Waals surface area contributed by atoms with E-state index in [-0.39, 0.29) is 11.9 Å². The predicted octanol–water partition coefficient (Wildman–Crippen LogP) is 0.695. The predicted molar refractivity (Wildman–Crippen MR) is 38.9 cm³/mol. The first-order valence-electron chi connectivity index (χ1n) is 3.56. The van der Waals surface area contributed by atoms with Gasteiger partial charge in [-0.3, -0.25) is 0 Å². The molecule has 3 nitrogen and oxygen atoms in total. The second-order valence-electron chi connectivity index (χ2n) is 2.44. The molecule has 1 atom stereocenters. The Balaban J connectivity index is 2.69. The van der Waals surface area contributed by atoms with Crippen molar-refractivity contribution in [1.82, 2.24) is 0 Å². The summed E-state index contributed by atoms with van der Waals surface area (Å²) in [5, 5.41) is 0. The van der Waals surface area contributed by atoms with E-state index in [1.165, 1.54) is 0 Å². The SMILES string of the molecule is C/C=C1\C(=O)OC[C@H]1CC=O. The minimum Gasteiger partial charge on any atom is -0.462 e. The Morgan fingerprint density at radius 3 is 3.00 bits per heavy atom. The molecule has 1 saturated heterocycles. The van der Waals surface area contributed by atoms with Crippen LogP contribution in [0.25, 0.3) is 0 Å². The van der Waals surface area contributed by atoms with Crippen LogP contribution in [-0.2, 0) is 14.3 Å². The van der Waals surface area contributed by atoms with Crippen molar-refractivity contribution < 1.29 is 14.3 Å². The highest BCUT2D eigenvalue weighted by Gasteiger charge is 2.28. The Kier molecular flexibility index (Phi) is 2.41. The summed E-state index contributed by atoms with van der Waals surface area (Å²) >= 11 is 0. The monoisotopic (exact) mass is 154 g/mol. The molecule has 1 aliphatic heterocycles. The summed E-state index contributed by atoms with van der Waals surface area (Å²) in [4.78, 5) is 21.0.